The molecule has 3 aromatic carbocycles. The molecule has 0 spiro atoms. The number of nitrogens with one attached hydrogen (secondary N) is 2. The number of carbonyl (C=O) groups excluding carboxylic acids is 3. The Morgan fingerprint density at radius 2 is 1.60 bits per heavy atom. The molecule has 1 aliphatic rings. The van der Waals surface area contributed by atoms with Crippen molar-refractivity contribution in [1.82, 2.24) is 10.6 Å². The second kappa shape index (κ2) is 14.2. The summed E-state index contributed by atoms with van der Waals surface area (Å²) in [5.41, 5.74) is 2.34. The molecule has 3 aromatic rings. The third-order valence-corrected chi connectivity index (χ3v) is 6.70. The fourth-order valence-corrected chi connectivity index (χ4v) is 4.62. The zero-order chi connectivity index (χ0) is 28.3. The highest BCUT2D eigenvalue weighted by Crippen LogP contribution is 2.33. The number of ether oxygens (including phenoxy) is 3. The fourth-order valence-electron chi connectivity index (χ4n) is 4.62. The highest BCUT2D eigenvalue weighted by atomic mass is 19.1. The molecule has 0 saturated carbocycles. The fraction of sp³-hybridized carbons (Fsp3) is 0.323. The zero-order valence-electron chi connectivity index (χ0n) is 22.3. The molecule has 1 aliphatic heterocycles. The van der Waals surface area contributed by atoms with Crippen molar-refractivity contribution in [2.24, 2.45) is 0 Å². The molecular formula is C31H33FN2O6. The van der Waals surface area contributed by atoms with Gasteiger partial charge in [-0.3, -0.25) is 4.79 Å². The molecule has 2 N–H and O–H groups in total. The molecule has 210 valence electrons. The first-order valence-corrected chi connectivity index (χ1v) is 13.3. The quantitative estimate of drug-likeness (QED) is 0.331. The summed E-state index contributed by atoms with van der Waals surface area (Å²) in [6.45, 7) is 2.29. The summed E-state index contributed by atoms with van der Waals surface area (Å²) in [6, 6.07) is 21.1. The van der Waals surface area contributed by atoms with Gasteiger partial charge in [0.05, 0.1) is 6.10 Å². The van der Waals surface area contributed by atoms with Crippen LogP contribution in [0.1, 0.15) is 52.7 Å². The van der Waals surface area contributed by atoms with E-state index in [2.05, 4.69) is 10.6 Å². The van der Waals surface area contributed by atoms with Crippen LogP contribution in [0.25, 0.3) is 0 Å². The molecule has 1 heterocycles. The normalized spacial score (nSPS) is 17.1. The summed E-state index contributed by atoms with van der Waals surface area (Å²) >= 11 is 0. The van der Waals surface area contributed by atoms with E-state index >= 15 is 0 Å². The molecule has 40 heavy (non-hydrogen) atoms. The van der Waals surface area contributed by atoms with Gasteiger partial charge in [0.25, 0.3) is 5.91 Å². The van der Waals surface area contributed by atoms with E-state index < -0.39 is 29.8 Å². The average Bonchev–Trinajstić information content (AvgIpc) is 3.47. The van der Waals surface area contributed by atoms with E-state index in [9.17, 15) is 18.8 Å². The van der Waals surface area contributed by atoms with Gasteiger partial charge < -0.3 is 24.8 Å². The van der Waals surface area contributed by atoms with Crippen LogP contribution in [-0.2, 0) is 32.2 Å². The largest absolute Gasteiger partial charge is 0.459 e. The van der Waals surface area contributed by atoms with Gasteiger partial charge in [-0.1, -0.05) is 67.6 Å². The summed E-state index contributed by atoms with van der Waals surface area (Å²) in [7, 11) is 0. The molecule has 3 atom stereocenters. The maximum Gasteiger partial charge on any atom is 0.408 e. The number of halogens is 1. The maximum absolute atomic E-state index is 14.5. The van der Waals surface area contributed by atoms with Crippen molar-refractivity contribution >= 4 is 18.0 Å². The van der Waals surface area contributed by atoms with Crippen LogP contribution >= 0.6 is 0 Å². The van der Waals surface area contributed by atoms with E-state index in [4.69, 9.17) is 14.2 Å². The summed E-state index contributed by atoms with van der Waals surface area (Å²) in [5, 5.41) is 5.09. The van der Waals surface area contributed by atoms with Gasteiger partial charge >= 0.3 is 12.1 Å². The monoisotopic (exact) mass is 548 g/mol. The molecule has 2 amide bonds. The molecule has 3 unspecified atom stereocenters. The molecule has 1 saturated heterocycles. The smallest absolute Gasteiger partial charge is 0.408 e. The zero-order valence-corrected chi connectivity index (χ0v) is 22.3. The van der Waals surface area contributed by atoms with E-state index in [0.717, 1.165) is 30.0 Å². The van der Waals surface area contributed by atoms with E-state index in [1.165, 1.54) is 6.07 Å². The Balaban J connectivity index is 1.41. The van der Waals surface area contributed by atoms with Crippen LogP contribution in [0.5, 0.6) is 0 Å². The van der Waals surface area contributed by atoms with E-state index in [0.29, 0.717) is 12.2 Å². The minimum atomic E-state index is -1.24. The van der Waals surface area contributed by atoms with Crippen molar-refractivity contribution in [3.05, 3.63) is 107 Å². The third kappa shape index (κ3) is 8.13. The van der Waals surface area contributed by atoms with E-state index in [1.807, 2.05) is 43.3 Å². The highest BCUT2D eigenvalue weighted by molar-refractivity contribution is 5.95. The Hall–Kier alpha value is -4.24. The van der Waals surface area contributed by atoms with E-state index in [1.54, 1.807) is 30.3 Å². The molecule has 0 bridgehead atoms. The molecule has 0 aliphatic carbocycles. The summed E-state index contributed by atoms with van der Waals surface area (Å²) in [4.78, 5) is 38.4. The number of amides is 2. The summed E-state index contributed by atoms with van der Waals surface area (Å²) in [6.07, 6.45) is 0.641. The molecule has 8 nitrogen and oxygen atoms in total. The van der Waals surface area contributed by atoms with Crippen LogP contribution in [0.3, 0.4) is 0 Å². The van der Waals surface area contributed by atoms with Gasteiger partial charge in [0, 0.05) is 24.6 Å². The number of hydrogen-bond donors (Lipinski definition) is 2. The molecule has 9 heteroatoms. The van der Waals surface area contributed by atoms with Gasteiger partial charge in [-0.2, -0.15) is 0 Å². The first-order valence-electron chi connectivity index (χ1n) is 13.3. The predicted octanol–water partition coefficient (Wildman–Crippen LogP) is 4.88. The lowest BCUT2D eigenvalue weighted by atomic mass is 9.90. The SMILES string of the molecule is CCC1OCCC1c1cc(F)cc(C(=O)NCC(NC(=O)OCc2ccccc2)C(=O)OCc2ccccc2)c1. The minimum Gasteiger partial charge on any atom is -0.459 e. The van der Waals surface area contributed by atoms with Crippen molar-refractivity contribution in [3.8, 4) is 0 Å². The number of alkyl carbamates (subject to hydrolysis) is 1. The third-order valence-electron chi connectivity index (χ3n) is 6.70. The Morgan fingerprint density at radius 1 is 0.950 bits per heavy atom. The van der Waals surface area contributed by atoms with Gasteiger partial charge in [0.15, 0.2) is 0 Å². The lowest BCUT2D eigenvalue weighted by Crippen LogP contribution is -2.49. The summed E-state index contributed by atoms with van der Waals surface area (Å²) < 4.78 is 30.8. The Labute approximate surface area is 232 Å². The number of hydrogen-bond acceptors (Lipinski definition) is 6. The van der Waals surface area contributed by atoms with Crippen molar-refractivity contribution in [3.63, 3.8) is 0 Å². The van der Waals surface area contributed by atoms with E-state index in [-0.39, 0.29) is 37.3 Å². The lowest BCUT2D eigenvalue weighted by molar-refractivity contribution is -0.147. The molecule has 4 rings (SSSR count). The number of esters is 1. The molecule has 0 radical (unpaired) electrons. The van der Waals surface area contributed by atoms with Gasteiger partial charge in [0.2, 0.25) is 0 Å². The average molecular weight is 549 g/mol. The second-order valence-corrected chi connectivity index (χ2v) is 9.55. The van der Waals surface area contributed by atoms with Crippen molar-refractivity contribution in [1.29, 1.82) is 0 Å². The number of rotatable bonds is 11. The van der Waals surface area contributed by atoms with Gasteiger partial charge in [-0.25, -0.2) is 14.0 Å². The first kappa shape index (κ1) is 28.8. The van der Waals surface area contributed by atoms with Crippen molar-refractivity contribution in [2.75, 3.05) is 13.2 Å². The topological polar surface area (TPSA) is 103 Å². The molecule has 0 aromatic heterocycles. The van der Waals surface area contributed by atoms with Crippen LogP contribution < -0.4 is 10.6 Å². The minimum absolute atomic E-state index is 0.000515. The van der Waals surface area contributed by atoms with Crippen LogP contribution in [-0.4, -0.2) is 43.3 Å². The van der Waals surface area contributed by atoms with Crippen LogP contribution in [0.15, 0.2) is 78.9 Å². The Bertz CT molecular complexity index is 1290. The maximum atomic E-state index is 14.5. The van der Waals surface area contributed by atoms with Gasteiger partial charge in [-0.05, 0) is 47.7 Å². The van der Waals surface area contributed by atoms with Crippen LogP contribution in [0, 0.1) is 5.82 Å². The van der Waals surface area contributed by atoms with Gasteiger partial charge in [-0.15, -0.1) is 0 Å². The second-order valence-electron chi connectivity index (χ2n) is 9.55. The Morgan fingerprint density at radius 3 is 2.25 bits per heavy atom. The van der Waals surface area contributed by atoms with Crippen molar-refractivity contribution < 1.29 is 33.0 Å². The van der Waals surface area contributed by atoms with Crippen molar-refractivity contribution in [2.45, 2.75) is 51.0 Å². The van der Waals surface area contributed by atoms with Crippen LogP contribution in [0.4, 0.5) is 9.18 Å². The molecule has 1 fully saturated rings. The van der Waals surface area contributed by atoms with Gasteiger partial charge in [0.1, 0.15) is 25.1 Å². The number of benzene rings is 3. The number of carbonyl (C=O) groups is 3. The highest BCUT2D eigenvalue weighted by Gasteiger charge is 2.29. The predicted molar refractivity (Wildman–Crippen MR) is 146 cm³/mol. The first-order chi connectivity index (χ1) is 19.4. The molecular weight excluding hydrogens is 515 g/mol. The lowest BCUT2D eigenvalue weighted by Gasteiger charge is -2.19. The van der Waals surface area contributed by atoms with Crippen LogP contribution in [0.2, 0.25) is 0 Å². The Kier molecular flexibility index (Phi) is 10.2. The standard InChI is InChI=1S/C31H33FN2O6/c1-2-28-26(13-14-38-28)23-15-24(17-25(32)16-23)29(35)33-18-27(30(36)39-19-21-9-5-3-6-10-21)34-31(37)40-20-22-11-7-4-8-12-22/h3-12,15-17,26-28H,2,13-14,18-20H2,1H3,(H,33,35)(H,34,37). The summed E-state index contributed by atoms with van der Waals surface area (Å²) in [5.74, 6) is -1.89.